The third-order valence-corrected chi connectivity index (χ3v) is 3.92. The second-order valence-electron chi connectivity index (χ2n) is 4.28. The lowest BCUT2D eigenvalue weighted by molar-refractivity contribution is 1.04. The Morgan fingerprint density at radius 2 is 1.71 bits per heavy atom. The van der Waals surface area contributed by atoms with Gasteiger partial charge in [0.1, 0.15) is 0 Å². The molecule has 0 amide bonds. The molecule has 3 aromatic rings. The summed E-state index contributed by atoms with van der Waals surface area (Å²) in [5.74, 6) is 0.568. The van der Waals surface area contributed by atoms with E-state index in [1.54, 1.807) is 6.21 Å². The molecule has 0 aliphatic rings. The molecule has 3 rings (SSSR count). The number of benzene rings is 2. The van der Waals surface area contributed by atoms with E-state index in [0.29, 0.717) is 11.0 Å². The van der Waals surface area contributed by atoms with Gasteiger partial charge in [-0.2, -0.15) is 5.10 Å². The number of nitrogens with zero attached hydrogens (tertiary/aromatic N) is 3. The van der Waals surface area contributed by atoms with E-state index in [1.165, 1.54) is 0 Å². The third-order valence-electron chi connectivity index (χ3n) is 2.92. The minimum absolute atomic E-state index is 0.380. The summed E-state index contributed by atoms with van der Waals surface area (Å²) in [6, 6.07) is 15.5. The summed E-state index contributed by atoms with van der Waals surface area (Å²) in [5, 5.41) is 14.3. The molecule has 1 N–H and O–H groups in total. The van der Waals surface area contributed by atoms with Crippen LogP contribution in [0, 0.1) is 0 Å². The fourth-order valence-corrected chi connectivity index (χ4v) is 2.49. The maximum atomic E-state index is 6.03. The van der Waals surface area contributed by atoms with Gasteiger partial charge in [0.05, 0.1) is 6.21 Å². The van der Waals surface area contributed by atoms with Crippen molar-refractivity contribution < 1.29 is 0 Å². The molecule has 6 heteroatoms. The standard InChI is InChI=1S/C15H10BrClN4/c16-13-8-4-1-5-10(13)9-18-20-15-12-7-3-2-6-11(12)14(17)19-21-15/h1-9H,(H,20,21)/b18-9+. The first kappa shape index (κ1) is 14.0. The van der Waals surface area contributed by atoms with Crippen molar-refractivity contribution in [3.05, 3.63) is 63.7 Å². The van der Waals surface area contributed by atoms with E-state index in [-0.39, 0.29) is 0 Å². The molecule has 104 valence electrons. The van der Waals surface area contributed by atoms with Crippen LogP contribution in [0.4, 0.5) is 5.82 Å². The molecular formula is C15H10BrClN4. The number of hydrogen-bond donors (Lipinski definition) is 1. The van der Waals surface area contributed by atoms with Crippen LogP contribution in [0.15, 0.2) is 58.1 Å². The van der Waals surface area contributed by atoms with Crippen LogP contribution in [-0.4, -0.2) is 16.4 Å². The molecule has 1 heterocycles. The molecule has 0 atom stereocenters. The van der Waals surface area contributed by atoms with E-state index in [1.807, 2.05) is 48.5 Å². The van der Waals surface area contributed by atoms with Crippen molar-refractivity contribution in [2.45, 2.75) is 0 Å². The first-order chi connectivity index (χ1) is 10.3. The quantitative estimate of drug-likeness (QED) is 0.552. The second kappa shape index (κ2) is 6.20. The highest BCUT2D eigenvalue weighted by Gasteiger charge is 2.06. The van der Waals surface area contributed by atoms with Gasteiger partial charge < -0.3 is 0 Å². The highest BCUT2D eigenvalue weighted by atomic mass is 79.9. The highest BCUT2D eigenvalue weighted by Crippen LogP contribution is 2.25. The maximum absolute atomic E-state index is 6.03. The Morgan fingerprint density at radius 1 is 1.00 bits per heavy atom. The van der Waals surface area contributed by atoms with Crippen LogP contribution in [0.5, 0.6) is 0 Å². The maximum Gasteiger partial charge on any atom is 0.176 e. The summed E-state index contributed by atoms with van der Waals surface area (Å²) in [6.07, 6.45) is 1.72. The summed E-state index contributed by atoms with van der Waals surface area (Å²) in [5.41, 5.74) is 3.88. The Morgan fingerprint density at radius 3 is 2.52 bits per heavy atom. The van der Waals surface area contributed by atoms with Gasteiger partial charge >= 0.3 is 0 Å². The summed E-state index contributed by atoms with van der Waals surface area (Å²) >= 11 is 9.50. The van der Waals surface area contributed by atoms with Crippen molar-refractivity contribution in [3.8, 4) is 0 Å². The van der Waals surface area contributed by atoms with Crippen LogP contribution in [0.25, 0.3) is 10.8 Å². The molecule has 2 aromatic carbocycles. The van der Waals surface area contributed by atoms with E-state index in [9.17, 15) is 0 Å². The van der Waals surface area contributed by atoms with Gasteiger partial charge in [-0.15, -0.1) is 10.2 Å². The molecule has 1 aromatic heterocycles. The third kappa shape index (κ3) is 3.04. The summed E-state index contributed by atoms with van der Waals surface area (Å²) in [6.45, 7) is 0. The molecule has 0 saturated carbocycles. The number of aromatic nitrogens is 2. The van der Waals surface area contributed by atoms with Gasteiger partial charge in [-0.25, -0.2) is 0 Å². The number of anilines is 1. The zero-order valence-electron chi connectivity index (χ0n) is 10.8. The molecule has 0 spiro atoms. The minimum Gasteiger partial charge on any atom is -0.259 e. The zero-order chi connectivity index (χ0) is 14.7. The van der Waals surface area contributed by atoms with Gasteiger partial charge in [-0.1, -0.05) is 70.0 Å². The first-order valence-electron chi connectivity index (χ1n) is 6.20. The number of rotatable bonds is 3. The number of hydrogen-bond acceptors (Lipinski definition) is 4. The van der Waals surface area contributed by atoms with Crippen LogP contribution < -0.4 is 5.43 Å². The van der Waals surface area contributed by atoms with E-state index in [2.05, 4.69) is 36.7 Å². The van der Waals surface area contributed by atoms with Gasteiger partial charge in [0.2, 0.25) is 0 Å². The molecule has 0 radical (unpaired) electrons. The van der Waals surface area contributed by atoms with Gasteiger partial charge in [0.15, 0.2) is 11.0 Å². The Bertz CT molecular complexity index is 820. The lowest BCUT2D eigenvalue weighted by Crippen LogP contribution is -1.97. The van der Waals surface area contributed by atoms with Gasteiger partial charge in [-0.05, 0) is 6.07 Å². The van der Waals surface area contributed by atoms with Crippen molar-refractivity contribution in [1.29, 1.82) is 0 Å². The fraction of sp³-hybridized carbons (Fsp3) is 0. The summed E-state index contributed by atoms with van der Waals surface area (Å²) in [4.78, 5) is 0. The summed E-state index contributed by atoms with van der Waals surface area (Å²) < 4.78 is 0.975. The molecule has 0 unspecified atom stereocenters. The summed E-state index contributed by atoms with van der Waals surface area (Å²) in [7, 11) is 0. The molecular weight excluding hydrogens is 352 g/mol. The number of fused-ring (bicyclic) bond motifs is 1. The zero-order valence-corrected chi connectivity index (χ0v) is 13.1. The lowest BCUT2D eigenvalue weighted by atomic mass is 10.2. The lowest BCUT2D eigenvalue weighted by Gasteiger charge is -2.04. The molecule has 0 saturated heterocycles. The Balaban J connectivity index is 1.89. The van der Waals surface area contributed by atoms with E-state index in [4.69, 9.17) is 11.6 Å². The van der Waals surface area contributed by atoms with Crippen molar-refractivity contribution >= 4 is 50.3 Å². The SMILES string of the molecule is Clc1nnc(N/N=C/c2ccccc2Br)c2ccccc12. The fourth-order valence-electron chi connectivity index (χ4n) is 1.90. The van der Waals surface area contributed by atoms with Crippen LogP contribution in [0.3, 0.4) is 0 Å². The normalized spacial score (nSPS) is 11.1. The molecule has 0 bridgehead atoms. The van der Waals surface area contributed by atoms with Gasteiger partial charge in [0.25, 0.3) is 0 Å². The largest absolute Gasteiger partial charge is 0.259 e. The second-order valence-corrected chi connectivity index (χ2v) is 5.49. The van der Waals surface area contributed by atoms with E-state index >= 15 is 0 Å². The Kier molecular flexibility index (Phi) is 4.13. The van der Waals surface area contributed by atoms with Crippen molar-refractivity contribution in [2.75, 3.05) is 5.43 Å². The number of halogens is 2. The van der Waals surface area contributed by atoms with Gasteiger partial charge in [0, 0.05) is 20.8 Å². The van der Waals surface area contributed by atoms with E-state index in [0.717, 1.165) is 20.8 Å². The number of hydrazone groups is 1. The molecule has 21 heavy (non-hydrogen) atoms. The molecule has 0 aliphatic carbocycles. The number of nitrogens with one attached hydrogen (secondary N) is 1. The smallest absolute Gasteiger partial charge is 0.176 e. The highest BCUT2D eigenvalue weighted by molar-refractivity contribution is 9.10. The van der Waals surface area contributed by atoms with Crippen molar-refractivity contribution in [3.63, 3.8) is 0 Å². The molecule has 0 fully saturated rings. The van der Waals surface area contributed by atoms with E-state index < -0.39 is 0 Å². The van der Waals surface area contributed by atoms with Crippen molar-refractivity contribution in [2.24, 2.45) is 5.10 Å². The first-order valence-corrected chi connectivity index (χ1v) is 7.37. The topological polar surface area (TPSA) is 50.2 Å². The Labute approximate surface area is 135 Å². The minimum atomic E-state index is 0.380. The molecule has 0 aliphatic heterocycles. The van der Waals surface area contributed by atoms with Crippen molar-refractivity contribution in [1.82, 2.24) is 10.2 Å². The Hall–Kier alpha value is -1.98. The van der Waals surface area contributed by atoms with Gasteiger partial charge in [-0.3, -0.25) is 5.43 Å². The molecule has 4 nitrogen and oxygen atoms in total. The van der Waals surface area contributed by atoms with Crippen LogP contribution in [-0.2, 0) is 0 Å². The average Bonchev–Trinajstić information content (AvgIpc) is 2.52. The van der Waals surface area contributed by atoms with Crippen LogP contribution in [0.1, 0.15) is 5.56 Å². The monoisotopic (exact) mass is 360 g/mol. The average molecular weight is 362 g/mol. The van der Waals surface area contributed by atoms with Crippen LogP contribution in [0.2, 0.25) is 5.15 Å². The predicted octanol–water partition coefficient (Wildman–Crippen LogP) is 4.49. The predicted molar refractivity (Wildman–Crippen MR) is 89.9 cm³/mol. The van der Waals surface area contributed by atoms with Crippen LogP contribution >= 0.6 is 27.5 Å².